The molecule has 3 rings (SSSR count). The van der Waals surface area contributed by atoms with Crippen LogP contribution < -0.4 is 0 Å². The second-order valence-electron chi connectivity index (χ2n) is 5.12. The molecule has 0 spiro atoms. The first-order chi connectivity index (χ1) is 10.6. The second kappa shape index (κ2) is 6.14. The van der Waals surface area contributed by atoms with Gasteiger partial charge in [0.15, 0.2) is 0 Å². The Bertz CT molecular complexity index is 715. The van der Waals surface area contributed by atoms with Crippen molar-refractivity contribution in [1.82, 2.24) is 4.90 Å². The Balaban J connectivity index is 1.95. The van der Waals surface area contributed by atoms with Crippen molar-refractivity contribution in [2.24, 2.45) is 0 Å². The van der Waals surface area contributed by atoms with Crippen molar-refractivity contribution in [3.63, 3.8) is 0 Å². The Morgan fingerprint density at radius 1 is 1.23 bits per heavy atom. The van der Waals surface area contributed by atoms with Gasteiger partial charge in [-0.25, -0.2) is 0 Å². The molecule has 2 amide bonds. The zero-order valence-corrected chi connectivity index (χ0v) is 13.9. The number of carbonyl (C=O) groups excluding carboxylic acids is 2. The number of carbonyl (C=O) groups is 2. The van der Waals surface area contributed by atoms with Gasteiger partial charge >= 0.3 is 0 Å². The third-order valence-corrected chi connectivity index (χ3v) is 5.28. The Morgan fingerprint density at radius 2 is 2.05 bits per heavy atom. The van der Waals surface area contributed by atoms with E-state index < -0.39 is 0 Å². The van der Waals surface area contributed by atoms with Crippen molar-refractivity contribution in [2.75, 3.05) is 0 Å². The van der Waals surface area contributed by atoms with Gasteiger partial charge in [-0.2, -0.15) is 0 Å². The van der Waals surface area contributed by atoms with Gasteiger partial charge in [0.05, 0.1) is 22.5 Å². The van der Waals surface area contributed by atoms with Gasteiger partial charge in [0.1, 0.15) is 5.76 Å². The van der Waals surface area contributed by atoms with Crippen molar-refractivity contribution in [2.45, 2.75) is 25.6 Å². The summed E-state index contributed by atoms with van der Waals surface area (Å²) < 4.78 is 5.30. The third-order valence-electron chi connectivity index (χ3n) is 3.30. The molecule has 0 fully saturated rings. The van der Waals surface area contributed by atoms with E-state index in [0.717, 1.165) is 10.6 Å². The minimum atomic E-state index is -0.208. The van der Waals surface area contributed by atoms with Crippen LogP contribution in [0, 0.1) is 0 Å². The minimum Gasteiger partial charge on any atom is -0.468 e. The standard InChI is InChI=1S/C16H15NO3S2/c1-10(2)17-15(18)13(12-6-4-8-21-12)14(16(17)19)22-9-11-5-3-7-20-11/h3-8,10H,9H2,1-2H3. The van der Waals surface area contributed by atoms with Crippen LogP contribution in [0.1, 0.15) is 24.5 Å². The molecular weight excluding hydrogens is 318 g/mol. The molecule has 0 saturated heterocycles. The van der Waals surface area contributed by atoms with Gasteiger partial charge in [-0.15, -0.1) is 23.1 Å². The number of thioether (sulfide) groups is 1. The van der Waals surface area contributed by atoms with E-state index >= 15 is 0 Å². The molecule has 2 aromatic heterocycles. The summed E-state index contributed by atoms with van der Waals surface area (Å²) in [6.07, 6.45) is 1.60. The van der Waals surface area contributed by atoms with Gasteiger partial charge in [0.2, 0.25) is 0 Å². The van der Waals surface area contributed by atoms with Crippen LogP contribution in [0.2, 0.25) is 0 Å². The van der Waals surface area contributed by atoms with Crippen LogP contribution in [0.15, 0.2) is 45.2 Å². The summed E-state index contributed by atoms with van der Waals surface area (Å²) in [6.45, 7) is 3.70. The first-order valence-corrected chi connectivity index (χ1v) is 8.77. The van der Waals surface area contributed by atoms with Crippen molar-refractivity contribution in [3.05, 3.63) is 51.5 Å². The number of hydrogen-bond acceptors (Lipinski definition) is 5. The second-order valence-corrected chi connectivity index (χ2v) is 7.06. The fourth-order valence-electron chi connectivity index (χ4n) is 2.31. The normalized spacial score (nSPS) is 15.5. The highest BCUT2D eigenvalue weighted by molar-refractivity contribution is 8.03. The lowest BCUT2D eigenvalue weighted by Gasteiger charge is -2.19. The predicted molar refractivity (Wildman–Crippen MR) is 88.2 cm³/mol. The zero-order chi connectivity index (χ0) is 15.7. The summed E-state index contributed by atoms with van der Waals surface area (Å²) in [5.74, 6) is 0.901. The molecule has 3 heterocycles. The molecule has 0 N–H and O–H groups in total. The van der Waals surface area contributed by atoms with Gasteiger partial charge in [-0.05, 0) is 37.4 Å². The molecule has 0 atom stereocenters. The van der Waals surface area contributed by atoms with E-state index in [0.29, 0.717) is 16.2 Å². The molecule has 4 nitrogen and oxygen atoms in total. The summed E-state index contributed by atoms with van der Waals surface area (Å²) in [6, 6.07) is 7.28. The van der Waals surface area contributed by atoms with Crippen molar-refractivity contribution in [1.29, 1.82) is 0 Å². The number of rotatable bonds is 5. The average molecular weight is 333 g/mol. The maximum atomic E-state index is 12.6. The van der Waals surface area contributed by atoms with Crippen LogP contribution in [0.5, 0.6) is 0 Å². The van der Waals surface area contributed by atoms with E-state index in [9.17, 15) is 9.59 Å². The molecule has 22 heavy (non-hydrogen) atoms. The number of furan rings is 1. The molecule has 0 saturated carbocycles. The fraction of sp³-hybridized carbons (Fsp3) is 0.250. The molecular formula is C16H15NO3S2. The van der Waals surface area contributed by atoms with Gasteiger partial charge in [-0.1, -0.05) is 6.07 Å². The van der Waals surface area contributed by atoms with E-state index in [1.807, 2.05) is 43.5 Å². The largest absolute Gasteiger partial charge is 0.468 e. The SMILES string of the molecule is CC(C)N1C(=O)C(SCc2ccco2)=C(c2cccs2)C1=O. The average Bonchev–Trinajstić information content (AvgIpc) is 3.17. The van der Waals surface area contributed by atoms with Crippen molar-refractivity contribution in [3.8, 4) is 0 Å². The molecule has 0 aromatic carbocycles. The molecule has 1 aliphatic rings. The lowest BCUT2D eigenvalue weighted by atomic mass is 10.2. The van der Waals surface area contributed by atoms with Gasteiger partial charge in [0.25, 0.3) is 11.8 Å². The molecule has 114 valence electrons. The van der Waals surface area contributed by atoms with Gasteiger partial charge < -0.3 is 4.42 Å². The summed E-state index contributed by atoms with van der Waals surface area (Å²) in [5, 5.41) is 1.91. The number of nitrogens with zero attached hydrogens (tertiary/aromatic N) is 1. The van der Waals surface area contributed by atoms with Crippen LogP contribution in [0.25, 0.3) is 5.57 Å². The minimum absolute atomic E-state index is 0.156. The highest BCUT2D eigenvalue weighted by Gasteiger charge is 2.40. The van der Waals surface area contributed by atoms with Crippen LogP contribution in [-0.2, 0) is 15.3 Å². The van der Waals surface area contributed by atoms with Crippen LogP contribution in [0.3, 0.4) is 0 Å². The molecule has 0 aliphatic carbocycles. The Labute approximate surface area is 136 Å². The Kier molecular flexibility index (Phi) is 4.22. The molecule has 0 radical (unpaired) electrons. The lowest BCUT2D eigenvalue weighted by molar-refractivity contribution is -0.138. The third kappa shape index (κ3) is 2.64. The predicted octanol–water partition coefficient (Wildman–Crippen LogP) is 3.76. The van der Waals surface area contributed by atoms with Crippen LogP contribution >= 0.6 is 23.1 Å². The summed E-state index contributed by atoms with van der Waals surface area (Å²) in [7, 11) is 0. The number of hydrogen-bond donors (Lipinski definition) is 0. The fourth-order valence-corrected chi connectivity index (χ4v) is 4.15. The highest BCUT2D eigenvalue weighted by atomic mass is 32.2. The molecule has 0 bridgehead atoms. The van der Waals surface area contributed by atoms with Crippen molar-refractivity contribution < 1.29 is 14.0 Å². The lowest BCUT2D eigenvalue weighted by Crippen LogP contribution is -2.37. The Hall–Kier alpha value is -1.79. The Morgan fingerprint density at radius 3 is 2.64 bits per heavy atom. The van der Waals surface area contributed by atoms with Gasteiger partial charge in [-0.3, -0.25) is 14.5 Å². The number of thiophene rings is 1. The first kappa shape index (κ1) is 15.1. The molecule has 0 unspecified atom stereocenters. The molecule has 1 aliphatic heterocycles. The molecule has 6 heteroatoms. The monoisotopic (exact) mass is 333 g/mol. The van der Waals surface area contributed by atoms with E-state index in [1.54, 1.807) is 6.26 Å². The number of amides is 2. The highest BCUT2D eigenvalue weighted by Crippen LogP contribution is 2.39. The van der Waals surface area contributed by atoms with E-state index in [4.69, 9.17) is 4.42 Å². The smallest absolute Gasteiger partial charge is 0.268 e. The quantitative estimate of drug-likeness (QED) is 0.782. The van der Waals surface area contributed by atoms with Crippen molar-refractivity contribution >= 4 is 40.5 Å². The molecule has 2 aromatic rings. The van der Waals surface area contributed by atoms with E-state index in [-0.39, 0.29) is 17.9 Å². The summed E-state index contributed by atoms with van der Waals surface area (Å²) >= 11 is 2.83. The topological polar surface area (TPSA) is 50.5 Å². The van der Waals surface area contributed by atoms with Crippen LogP contribution in [-0.4, -0.2) is 22.8 Å². The zero-order valence-electron chi connectivity index (χ0n) is 12.2. The maximum Gasteiger partial charge on any atom is 0.268 e. The maximum absolute atomic E-state index is 12.6. The number of imide groups is 1. The van der Waals surface area contributed by atoms with E-state index in [2.05, 4.69) is 0 Å². The van der Waals surface area contributed by atoms with Gasteiger partial charge in [0, 0.05) is 10.9 Å². The first-order valence-electron chi connectivity index (χ1n) is 6.91. The summed E-state index contributed by atoms with van der Waals surface area (Å²) in [4.78, 5) is 27.9. The van der Waals surface area contributed by atoms with Crippen LogP contribution in [0.4, 0.5) is 0 Å². The van der Waals surface area contributed by atoms with E-state index in [1.165, 1.54) is 28.0 Å². The summed E-state index contributed by atoms with van der Waals surface area (Å²) in [5.41, 5.74) is 0.519.